The molecule has 0 fully saturated rings. The zero-order valence-electron chi connectivity index (χ0n) is 9.28. The molecule has 0 aliphatic heterocycles. The molecule has 0 saturated heterocycles. The molecule has 0 amide bonds. The summed E-state index contributed by atoms with van der Waals surface area (Å²) < 4.78 is 5.12. The zero-order valence-corrected chi connectivity index (χ0v) is 10.0. The minimum absolute atomic E-state index is 0.278. The van der Waals surface area contributed by atoms with Gasteiger partial charge in [-0.3, -0.25) is 0 Å². The van der Waals surface area contributed by atoms with E-state index in [9.17, 15) is 4.79 Å². The fourth-order valence-electron chi connectivity index (χ4n) is 1.20. The van der Waals surface area contributed by atoms with Gasteiger partial charge in [-0.15, -0.1) is 11.6 Å². The first kappa shape index (κ1) is 12.8. The number of halogens is 1. The molecule has 0 saturated carbocycles. The van der Waals surface area contributed by atoms with Crippen molar-refractivity contribution in [3.63, 3.8) is 0 Å². The zero-order chi connectivity index (χ0) is 11.8. The highest BCUT2D eigenvalue weighted by molar-refractivity contribution is 6.18. The highest BCUT2D eigenvalue weighted by Crippen LogP contribution is 2.04. The standard InChI is InChI=1S/C13H15ClO2/c1-11(7-9-14)8-10-16-13(15)12-5-3-2-4-6-12/h2-7H,8-10H2,1H3. The van der Waals surface area contributed by atoms with Crippen molar-refractivity contribution >= 4 is 17.6 Å². The third kappa shape index (κ3) is 4.49. The van der Waals surface area contributed by atoms with Crippen molar-refractivity contribution in [2.75, 3.05) is 12.5 Å². The normalized spacial score (nSPS) is 11.2. The molecule has 0 aromatic heterocycles. The van der Waals surface area contributed by atoms with Crippen LogP contribution in [0, 0.1) is 0 Å². The first-order valence-electron chi connectivity index (χ1n) is 5.18. The van der Waals surface area contributed by atoms with Gasteiger partial charge in [-0.1, -0.05) is 29.8 Å². The van der Waals surface area contributed by atoms with E-state index >= 15 is 0 Å². The number of rotatable bonds is 5. The summed E-state index contributed by atoms with van der Waals surface area (Å²) in [6.07, 6.45) is 2.64. The second-order valence-electron chi connectivity index (χ2n) is 3.46. The van der Waals surface area contributed by atoms with Gasteiger partial charge in [0.1, 0.15) is 0 Å². The first-order chi connectivity index (χ1) is 7.74. The Hall–Kier alpha value is -1.28. The van der Waals surface area contributed by atoms with E-state index in [1.807, 2.05) is 31.2 Å². The molecule has 2 nitrogen and oxygen atoms in total. The van der Waals surface area contributed by atoms with Crippen molar-refractivity contribution < 1.29 is 9.53 Å². The number of alkyl halides is 1. The molecule has 1 aromatic carbocycles. The third-order valence-electron chi connectivity index (χ3n) is 2.16. The fourth-order valence-corrected chi connectivity index (χ4v) is 1.46. The van der Waals surface area contributed by atoms with Gasteiger partial charge in [0, 0.05) is 12.3 Å². The van der Waals surface area contributed by atoms with Crippen molar-refractivity contribution in [3.05, 3.63) is 47.5 Å². The van der Waals surface area contributed by atoms with Crippen LogP contribution in [-0.2, 0) is 4.74 Å². The second-order valence-corrected chi connectivity index (χ2v) is 3.77. The predicted octanol–water partition coefficient (Wildman–Crippen LogP) is 3.42. The highest BCUT2D eigenvalue weighted by atomic mass is 35.5. The molecule has 0 heterocycles. The molecule has 0 unspecified atom stereocenters. The van der Waals surface area contributed by atoms with Crippen LogP contribution < -0.4 is 0 Å². The summed E-state index contributed by atoms with van der Waals surface area (Å²) in [6, 6.07) is 8.97. The predicted molar refractivity (Wildman–Crippen MR) is 65.8 cm³/mol. The van der Waals surface area contributed by atoms with Crippen molar-refractivity contribution in [3.8, 4) is 0 Å². The monoisotopic (exact) mass is 238 g/mol. The molecule has 3 heteroatoms. The Morgan fingerprint density at radius 1 is 1.38 bits per heavy atom. The molecular formula is C13H15ClO2. The number of carbonyl (C=O) groups excluding carboxylic acids is 1. The van der Waals surface area contributed by atoms with Crippen LogP contribution in [-0.4, -0.2) is 18.5 Å². The lowest BCUT2D eigenvalue weighted by atomic mass is 10.2. The Labute approximate surface area is 101 Å². The van der Waals surface area contributed by atoms with E-state index in [4.69, 9.17) is 16.3 Å². The molecule has 0 N–H and O–H groups in total. The van der Waals surface area contributed by atoms with Crippen LogP contribution in [0.15, 0.2) is 42.0 Å². The Bertz CT molecular complexity index is 357. The van der Waals surface area contributed by atoms with E-state index in [1.54, 1.807) is 12.1 Å². The lowest BCUT2D eigenvalue weighted by Crippen LogP contribution is -2.06. The Balaban J connectivity index is 2.34. The van der Waals surface area contributed by atoms with E-state index in [0.717, 1.165) is 12.0 Å². The maximum absolute atomic E-state index is 11.5. The Morgan fingerprint density at radius 3 is 2.69 bits per heavy atom. The number of carbonyl (C=O) groups is 1. The summed E-state index contributed by atoms with van der Waals surface area (Å²) in [7, 11) is 0. The maximum Gasteiger partial charge on any atom is 0.338 e. The first-order valence-corrected chi connectivity index (χ1v) is 5.71. The Morgan fingerprint density at radius 2 is 2.06 bits per heavy atom. The van der Waals surface area contributed by atoms with E-state index < -0.39 is 0 Å². The van der Waals surface area contributed by atoms with Crippen molar-refractivity contribution in [1.82, 2.24) is 0 Å². The largest absolute Gasteiger partial charge is 0.462 e. The van der Waals surface area contributed by atoms with Crippen LogP contribution in [0.2, 0.25) is 0 Å². The topological polar surface area (TPSA) is 26.3 Å². The quantitative estimate of drug-likeness (QED) is 0.446. The highest BCUT2D eigenvalue weighted by Gasteiger charge is 2.04. The number of benzene rings is 1. The van der Waals surface area contributed by atoms with Crippen molar-refractivity contribution in [2.45, 2.75) is 13.3 Å². The fraction of sp³-hybridized carbons (Fsp3) is 0.308. The number of esters is 1. The minimum atomic E-state index is -0.278. The van der Waals surface area contributed by atoms with Crippen LogP contribution in [0.4, 0.5) is 0 Å². The summed E-state index contributed by atoms with van der Waals surface area (Å²) in [5, 5.41) is 0. The van der Waals surface area contributed by atoms with Crippen LogP contribution in [0.25, 0.3) is 0 Å². The molecule has 0 bridgehead atoms. The number of hydrogen-bond donors (Lipinski definition) is 0. The molecule has 0 radical (unpaired) electrons. The van der Waals surface area contributed by atoms with Gasteiger partial charge in [-0.2, -0.15) is 0 Å². The maximum atomic E-state index is 11.5. The van der Waals surface area contributed by atoms with Crippen LogP contribution in [0.1, 0.15) is 23.7 Å². The summed E-state index contributed by atoms with van der Waals surface area (Å²) in [6.45, 7) is 2.37. The van der Waals surface area contributed by atoms with Crippen LogP contribution in [0.3, 0.4) is 0 Å². The summed E-state index contributed by atoms with van der Waals surface area (Å²) in [5.41, 5.74) is 1.72. The van der Waals surface area contributed by atoms with Gasteiger partial charge in [0.25, 0.3) is 0 Å². The third-order valence-corrected chi connectivity index (χ3v) is 2.32. The van der Waals surface area contributed by atoms with Gasteiger partial charge >= 0.3 is 5.97 Å². The van der Waals surface area contributed by atoms with Gasteiger partial charge in [-0.25, -0.2) is 4.79 Å². The van der Waals surface area contributed by atoms with Gasteiger partial charge < -0.3 is 4.74 Å². The molecule has 0 aliphatic rings. The molecule has 0 spiro atoms. The summed E-state index contributed by atoms with van der Waals surface area (Å²) in [4.78, 5) is 11.5. The van der Waals surface area contributed by atoms with Crippen molar-refractivity contribution in [2.24, 2.45) is 0 Å². The van der Waals surface area contributed by atoms with Gasteiger partial charge in [0.2, 0.25) is 0 Å². The second kappa shape index (κ2) is 7.07. The number of ether oxygens (including phenoxy) is 1. The molecule has 1 rings (SSSR count). The summed E-state index contributed by atoms with van der Waals surface area (Å²) >= 11 is 5.55. The summed E-state index contributed by atoms with van der Waals surface area (Å²) in [5.74, 6) is 0.220. The molecule has 86 valence electrons. The number of allylic oxidation sites excluding steroid dienone is 1. The van der Waals surface area contributed by atoms with Crippen LogP contribution in [0.5, 0.6) is 0 Å². The Kier molecular flexibility index (Phi) is 5.65. The van der Waals surface area contributed by atoms with Gasteiger partial charge in [-0.05, 0) is 19.1 Å². The molecule has 0 atom stereocenters. The van der Waals surface area contributed by atoms with Crippen LogP contribution >= 0.6 is 11.6 Å². The lowest BCUT2D eigenvalue weighted by Gasteiger charge is -2.04. The van der Waals surface area contributed by atoms with Gasteiger partial charge in [0.15, 0.2) is 0 Å². The molecule has 16 heavy (non-hydrogen) atoms. The SMILES string of the molecule is CC(=CCCl)CCOC(=O)c1ccccc1. The van der Waals surface area contributed by atoms with E-state index in [1.165, 1.54) is 0 Å². The van der Waals surface area contributed by atoms with Crippen molar-refractivity contribution in [1.29, 1.82) is 0 Å². The van der Waals surface area contributed by atoms with Gasteiger partial charge in [0.05, 0.1) is 12.2 Å². The van der Waals surface area contributed by atoms with E-state index in [-0.39, 0.29) is 5.97 Å². The molecule has 0 aliphatic carbocycles. The lowest BCUT2D eigenvalue weighted by molar-refractivity contribution is 0.0509. The van der Waals surface area contributed by atoms with E-state index in [2.05, 4.69) is 0 Å². The number of hydrogen-bond acceptors (Lipinski definition) is 2. The average Bonchev–Trinajstić information content (AvgIpc) is 2.30. The minimum Gasteiger partial charge on any atom is -0.462 e. The molecular weight excluding hydrogens is 224 g/mol. The van der Waals surface area contributed by atoms with E-state index in [0.29, 0.717) is 18.1 Å². The molecule has 1 aromatic rings. The smallest absolute Gasteiger partial charge is 0.338 e. The average molecular weight is 239 g/mol.